The molecule has 1 aliphatic rings. The van der Waals surface area contributed by atoms with Gasteiger partial charge >= 0.3 is 0 Å². The number of nitrogens with zero attached hydrogens (tertiary/aromatic N) is 1. The van der Waals surface area contributed by atoms with Crippen LogP contribution in [0.4, 0.5) is 5.69 Å². The van der Waals surface area contributed by atoms with Gasteiger partial charge in [-0.25, -0.2) is 0 Å². The second-order valence-electron chi connectivity index (χ2n) is 6.55. The summed E-state index contributed by atoms with van der Waals surface area (Å²) < 4.78 is 5.20. The average molecular weight is 297 g/mol. The molecule has 0 aromatic heterocycles. The third-order valence-electron chi connectivity index (χ3n) is 3.71. The Hall–Kier alpha value is -0.930. The number of methoxy groups -OCH3 is 1. The lowest BCUT2D eigenvalue weighted by molar-refractivity contribution is 0.383. The van der Waals surface area contributed by atoms with Crippen LogP contribution in [0.15, 0.2) is 18.2 Å². The monoisotopic (exact) mass is 296 g/mol. The van der Waals surface area contributed by atoms with Crippen LogP contribution in [-0.4, -0.2) is 32.3 Å². The third kappa shape index (κ3) is 4.03. The molecule has 4 heteroatoms. The van der Waals surface area contributed by atoms with Gasteiger partial charge in [-0.05, 0) is 51.3 Å². The van der Waals surface area contributed by atoms with Crippen LogP contribution in [0.3, 0.4) is 0 Å². The number of ether oxygens (including phenoxy) is 1. The van der Waals surface area contributed by atoms with Crippen molar-refractivity contribution in [3.8, 4) is 5.75 Å². The molecule has 1 aliphatic heterocycles. The van der Waals surface area contributed by atoms with Crippen molar-refractivity contribution >= 4 is 17.3 Å². The standard InChI is InChI=1S/C16H25ClN2O/c1-16(2,3)18-10-12-7-8-19(11-12)13-5-6-15(20-4)14(17)9-13/h5-6,9,12,18H,7-8,10-11H2,1-4H3. The summed E-state index contributed by atoms with van der Waals surface area (Å²) in [5.74, 6) is 1.44. The van der Waals surface area contributed by atoms with Crippen LogP contribution in [0, 0.1) is 5.92 Å². The third-order valence-corrected chi connectivity index (χ3v) is 4.00. The smallest absolute Gasteiger partial charge is 0.137 e. The summed E-state index contributed by atoms with van der Waals surface area (Å²) in [5.41, 5.74) is 1.38. The number of nitrogens with one attached hydrogen (secondary N) is 1. The highest BCUT2D eigenvalue weighted by Crippen LogP contribution is 2.31. The van der Waals surface area contributed by atoms with Gasteiger partial charge in [-0.1, -0.05) is 11.6 Å². The van der Waals surface area contributed by atoms with Gasteiger partial charge < -0.3 is 15.0 Å². The quantitative estimate of drug-likeness (QED) is 0.919. The second kappa shape index (κ2) is 6.23. The molecule has 0 saturated carbocycles. The van der Waals surface area contributed by atoms with Crippen LogP contribution in [0.2, 0.25) is 5.02 Å². The molecule has 1 aromatic carbocycles. The molecule has 1 N–H and O–H groups in total. The Labute approximate surface area is 127 Å². The van der Waals surface area contributed by atoms with Crippen LogP contribution < -0.4 is 15.0 Å². The summed E-state index contributed by atoms with van der Waals surface area (Å²) in [6, 6.07) is 6.03. The molecule has 1 heterocycles. The Bertz CT molecular complexity index is 456. The SMILES string of the molecule is COc1ccc(N2CCC(CNC(C)(C)C)C2)cc1Cl. The number of anilines is 1. The van der Waals surface area contributed by atoms with E-state index in [0.717, 1.165) is 25.4 Å². The van der Waals surface area contributed by atoms with Crippen molar-refractivity contribution in [3.05, 3.63) is 23.2 Å². The summed E-state index contributed by atoms with van der Waals surface area (Å²) in [7, 11) is 1.64. The molecular formula is C16H25ClN2O. The zero-order chi connectivity index (χ0) is 14.8. The van der Waals surface area contributed by atoms with Gasteiger partial charge in [0.05, 0.1) is 12.1 Å². The van der Waals surface area contributed by atoms with E-state index in [9.17, 15) is 0 Å². The van der Waals surface area contributed by atoms with E-state index in [0.29, 0.717) is 10.9 Å². The van der Waals surface area contributed by atoms with Crippen molar-refractivity contribution in [1.82, 2.24) is 5.32 Å². The fraction of sp³-hybridized carbons (Fsp3) is 0.625. The molecule has 1 aromatic rings. The van der Waals surface area contributed by atoms with E-state index in [2.05, 4.69) is 37.1 Å². The Balaban J connectivity index is 1.94. The normalized spacial score (nSPS) is 19.4. The van der Waals surface area contributed by atoms with Crippen molar-refractivity contribution in [2.45, 2.75) is 32.7 Å². The molecule has 3 nitrogen and oxygen atoms in total. The van der Waals surface area contributed by atoms with Crippen LogP contribution in [-0.2, 0) is 0 Å². The van der Waals surface area contributed by atoms with Crippen LogP contribution >= 0.6 is 11.6 Å². The first-order valence-electron chi connectivity index (χ1n) is 7.22. The van der Waals surface area contributed by atoms with Crippen molar-refractivity contribution in [2.75, 3.05) is 31.6 Å². The van der Waals surface area contributed by atoms with E-state index in [-0.39, 0.29) is 5.54 Å². The number of hydrogen-bond acceptors (Lipinski definition) is 3. The van der Waals surface area contributed by atoms with Crippen molar-refractivity contribution in [3.63, 3.8) is 0 Å². The molecule has 1 atom stereocenters. The van der Waals surface area contributed by atoms with Gasteiger partial charge in [0.25, 0.3) is 0 Å². The fourth-order valence-corrected chi connectivity index (χ4v) is 2.79. The number of halogens is 1. The first-order chi connectivity index (χ1) is 9.39. The lowest BCUT2D eigenvalue weighted by Gasteiger charge is -2.24. The largest absolute Gasteiger partial charge is 0.495 e. The highest BCUT2D eigenvalue weighted by Gasteiger charge is 2.24. The zero-order valence-electron chi connectivity index (χ0n) is 12.9. The van der Waals surface area contributed by atoms with Crippen LogP contribution in [0.5, 0.6) is 5.75 Å². The minimum atomic E-state index is 0.191. The summed E-state index contributed by atoms with van der Waals surface area (Å²) in [5, 5.41) is 4.27. The molecule has 0 bridgehead atoms. The van der Waals surface area contributed by atoms with Crippen molar-refractivity contribution in [2.24, 2.45) is 5.92 Å². The maximum absolute atomic E-state index is 6.20. The molecule has 112 valence electrons. The predicted molar refractivity (Wildman–Crippen MR) is 86.1 cm³/mol. The van der Waals surface area contributed by atoms with E-state index in [1.54, 1.807) is 7.11 Å². The van der Waals surface area contributed by atoms with Gasteiger partial charge in [-0.2, -0.15) is 0 Å². The van der Waals surface area contributed by atoms with Gasteiger partial charge in [0.1, 0.15) is 5.75 Å². The van der Waals surface area contributed by atoms with E-state index >= 15 is 0 Å². The first kappa shape index (κ1) is 15.5. The Morgan fingerprint density at radius 2 is 2.15 bits per heavy atom. The van der Waals surface area contributed by atoms with Crippen LogP contribution in [0.1, 0.15) is 27.2 Å². The summed E-state index contributed by atoms with van der Waals surface area (Å²) in [6.07, 6.45) is 1.23. The molecular weight excluding hydrogens is 272 g/mol. The Morgan fingerprint density at radius 1 is 1.40 bits per heavy atom. The molecule has 0 spiro atoms. The van der Waals surface area contributed by atoms with Gasteiger partial charge in [0, 0.05) is 30.9 Å². The van der Waals surface area contributed by atoms with Gasteiger partial charge in [0.15, 0.2) is 0 Å². The Kier molecular flexibility index (Phi) is 4.82. The molecule has 2 rings (SSSR count). The van der Waals surface area contributed by atoms with Gasteiger partial charge in [-0.15, -0.1) is 0 Å². The van der Waals surface area contributed by atoms with E-state index in [1.165, 1.54) is 12.1 Å². The van der Waals surface area contributed by atoms with Gasteiger partial charge in [0.2, 0.25) is 0 Å². The maximum Gasteiger partial charge on any atom is 0.137 e. The van der Waals surface area contributed by atoms with E-state index in [1.807, 2.05) is 12.1 Å². The maximum atomic E-state index is 6.20. The van der Waals surface area contributed by atoms with Crippen LogP contribution in [0.25, 0.3) is 0 Å². The lowest BCUT2D eigenvalue weighted by Crippen LogP contribution is -2.39. The lowest BCUT2D eigenvalue weighted by atomic mass is 10.1. The zero-order valence-corrected chi connectivity index (χ0v) is 13.6. The van der Waals surface area contributed by atoms with E-state index in [4.69, 9.17) is 16.3 Å². The highest BCUT2D eigenvalue weighted by atomic mass is 35.5. The Morgan fingerprint density at radius 3 is 2.75 bits per heavy atom. The molecule has 0 amide bonds. The number of rotatable bonds is 4. The molecule has 1 unspecified atom stereocenters. The first-order valence-corrected chi connectivity index (χ1v) is 7.60. The molecule has 20 heavy (non-hydrogen) atoms. The summed E-state index contributed by atoms with van der Waals surface area (Å²) in [4.78, 5) is 2.40. The van der Waals surface area contributed by atoms with Crippen molar-refractivity contribution < 1.29 is 4.74 Å². The average Bonchev–Trinajstić information content (AvgIpc) is 2.84. The van der Waals surface area contributed by atoms with Crippen molar-refractivity contribution in [1.29, 1.82) is 0 Å². The minimum absolute atomic E-state index is 0.191. The summed E-state index contributed by atoms with van der Waals surface area (Å²) >= 11 is 6.20. The summed E-state index contributed by atoms with van der Waals surface area (Å²) in [6.45, 7) is 9.89. The molecule has 0 aliphatic carbocycles. The molecule has 0 radical (unpaired) electrons. The number of benzene rings is 1. The fourth-order valence-electron chi connectivity index (χ4n) is 2.54. The topological polar surface area (TPSA) is 24.5 Å². The second-order valence-corrected chi connectivity index (χ2v) is 6.96. The highest BCUT2D eigenvalue weighted by molar-refractivity contribution is 6.32. The predicted octanol–water partition coefficient (Wildman–Crippen LogP) is 3.56. The molecule has 1 fully saturated rings. The van der Waals surface area contributed by atoms with Gasteiger partial charge in [-0.3, -0.25) is 0 Å². The minimum Gasteiger partial charge on any atom is -0.495 e. The molecule has 1 saturated heterocycles. The number of hydrogen-bond donors (Lipinski definition) is 1. The van der Waals surface area contributed by atoms with E-state index < -0.39 is 0 Å².